The molecule has 0 aliphatic rings. The van der Waals surface area contributed by atoms with Gasteiger partial charge in [-0.3, -0.25) is 4.79 Å². The molecular weight excluding hydrogens is 359 g/mol. The van der Waals surface area contributed by atoms with Gasteiger partial charge in [0.25, 0.3) is 5.91 Å². The first-order valence-corrected chi connectivity index (χ1v) is 9.67. The molecule has 0 saturated carbocycles. The zero-order valence-electron chi connectivity index (χ0n) is 13.9. The van der Waals surface area contributed by atoms with Crippen LogP contribution >= 0.6 is 23.1 Å². The van der Waals surface area contributed by atoms with Crippen molar-refractivity contribution in [3.63, 3.8) is 0 Å². The van der Waals surface area contributed by atoms with Crippen LogP contribution in [0.1, 0.15) is 10.4 Å². The molecule has 3 aromatic rings. The highest BCUT2D eigenvalue weighted by molar-refractivity contribution is 7.98. The summed E-state index contributed by atoms with van der Waals surface area (Å²) in [4.78, 5) is 18.4. The molecule has 0 saturated heterocycles. The fourth-order valence-corrected chi connectivity index (χ4v) is 3.98. The van der Waals surface area contributed by atoms with E-state index < -0.39 is 0 Å². The van der Waals surface area contributed by atoms with E-state index in [0.717, 1.165) is 15.1 Å². The third kappa shape index (κ3) is 4.00. The molecule has 0 radical (unpaired) electrons. The lowest BCUT2D eigenvalue weighted by Crippen LogP contribution is -2.19. The number of thioether (sulfide) groups is 1. The minimum absolute atomic E-state index is 0.307. The first-order chi connectivity index (χ1) is 12.1. The van der Waals surface area contributed by atoms with Crippen LogP contribution in [0.2, 0.25) is 0 Å². The van der Waals surface area contributed by atoms with Gasteiger partial charge in [-0.25, -0.2) is 4.39 Å². The Morgan fingerprint density at radius 1 is 1.32 bits per heavy atom. The second-order valence-electron chi connectivity index (χ2n) is 5.29. The maximum Gasteiger partial charge on any atom is 0.279 e. The highest BCUT2D eigenvalue weighted by atomic mass is 32.2. The number of rotatable bonds is 5. The van der Waals surface area contributed by atoms with E-state index >= 15 is 0 Å². The van der Waals surface area contributed by atoms with Crippen LogP contribution in [0.25, 0.3) is 10.2 Å². The Labute approximate surface area is 153 Å². The van der Waals surface area contributed by atoms with Crippen molar-refractivity contribution in [2.75, 3.05) is 20.0 Å². The molecule has 0 N–H and O–H groups in total. The SMILES string of the molecule is COCCn1c(=NC(=O)c2cccc(SC)c2)sc2cc(F)ccc21. The maximum absolute atomic E-state index is 13.5. The minimum Gasteiger partial charge on any atom is -0.383 e. The first-order valence-electron chi connectivity index (χ1n) is 7.63. The molecule has 1 heterocycles. The van der Waals surface area contributed by atoms with Gasteiger partial charge in [-0.2, -0.15) is 4.99 Å². The molecule has 0 spiro atoms. The highest BCUT2D eigenvalue weighted by Crippen LogP contribution is 2.19. The van der Waals surface area contributed by atoms with E-state index in [1.807, 2.05) is 29.0 Å². The molecule has 0 aliphatic heterocycles. The molecule has 0 bridgehead atoms. The normalized spacial score (nSPS) is 12.0. The van der Waals surface area contributed by atoms with E-state index in [2.05, 4.69) is 4.99 Å². The van der Waals surface area contributed by atoms with Crippen molar-refractivity contribution < 1.29 is 13.9 Å². The maximum atomic E-state index is 13.5. The monoisotopic (exact) mass is 376 g/mol. The molecular formula is C18H17FN2O2S2. The quantitative estimate of drug-likeness (QED) is 0.633. The van der Waals surface area contributed by atoms with Crippen molar-refractivity contribution in [1.82, 2.24) is 4.57 Å². The summed E-state index contributed by atoms with van der Waals surface area (Å²) < 4.78 is 21.3. The average Bonchev–Trinajstić information content (AvgIpc) is 2.95. The Kier molecular flexibility index (Phi) is 5.67. The number of thiazole rings is 1. The van der Waals surface area contributed by atoms with Crippen LogP contribution in [0, 0.1) is 5.82 Å². The number of carbonyl (C=O) groups excluding carboxylic acids is 1. The summed E-state index contributed by atoms with van der Waals surface area (Å²) in [6, 6.07) is 11.9. The Morgan fingerprint density at radius 2 is 2.16 bits per heavy atom. The lowest BCUT2D eigenvalue weighted by Gasteiger charge is -2.04. The van der Waals surface area contributed by atoms with Crippen LogP contribution in [0.15, 0.2) is 52.4 Å². The molecule has 0 aliphatic carbocycles. The van der Waals surface area contributed by atoms with Gasteiger partial charge in [-0.1, -0.05) is 17.4 Å². The standard InChI is InChI=1S/C18H17FN2O2S2/c1-23-9-8-21-15-7-6-13(19)11-16(15)25-18(21)20-17(22)12-4-3-5-14(10-12)24-2/h3-7,10-11H,8-9H2,1-2H3. The van der Waals surface area contributed by atoms with Gasteiger partial charge in [0.1, 0.15) is 5.82 Å². The van der Waals surface area contributed by atoms with Gasteiger partial charge in [0.15, 0.2) is 4.80 Å². The number of halogens is 1. The summed E-state index contributed by atoms with van der Waals surface area (Å²) in [7, 11) is 1.62. The van der Waals surface area contributed by atoms with E-state index in [0.29, 0.717) is 23.5 Å². The van der Waals surface area contributed by atoms with Crippen molar-refractivity contribution in [2.45, 2.75) is 11.4 Å². The van der Waals surface area contributed by atoms with E-state index in [4.69, 9.17) is 4.74 Å². The topological polar surface area (TPSA) is 43.6 Å². The number of benzene rings is 2. The number of ether oxygens (including phenoxy) is 1. The summed E-state index contributed by atoms with van der Waals surface area (Å²) in [6.45, 7) is 1.02. The fourth-order valence-electron chi connectivity index (χ4n) is 2.44. The number of methoxy groups -OCH3 is 1. The van der Waals surface area contributed by atoms with Crippen LogP contribution in [0.3, 0.4) is 0 Å². The second kappa shape index (κ2) is 7.95. The third-order valence-electron chi connectivity index (χ3n) is 3.68. The molecule has 1 amide bonds. The smallest absolute Gasteiger partial charge is 0.279 e. The van der Waals surface area contributed by atoms with Gasteiger partial charge in [0.2, 0.25) is 0 Å². The van der Waals surface area contributed by atoms with Crippen LogP contribution in [0.5, 0.6) is 0 Å². The number of aromatic nitrogens is 1. The summed E-state index contributed by atoms with van der Waals surface area (Å²) in [5.41, 5.74) is 1.38. The number of carbonyl (C=O) groups is 1. The van der Waals surface area contributed by atoms with E-state index in [1.165, 1.54) is 23.5 Å². The van der Waals surface area contributed by atoms with Crippen LogP contribution < -0.4 is 4.80 Å². The average molecular weight is 376 g/mol. The summed E-state index contributed by atoms with van der Waals surface area (Å²) in [6.07, 6.45) is 1.96. The van der Waals surface area contributed by atoms with E-state index in [9.17, 15) is 9.18 Å². The fraction of sp³-hybridized carbons (Fsp3) is 0.222. The van der Waals surface area contributed by atoms with Gasteiger partial charge in [0, 0.05) is 24.1 Å². The van der Waals surface area contributed by atoms with E-state index in [-0.39, 0.29) is 11.7 Å². The third-order valence-corrected chi connectivity index (χ3v) is 5.44. The molecule has 0 atom stereocenters. The van der Waals surface area contributed by atoms with Crippen molar-refractivity contribution in [3.8, 4) is 0 Å². The molecule has 2 aromatic carbocycles. The molecule has 0 fully saturated rings. The van der Waals surface area contributed by atoms with Gasteiger partial charge in [0.05, 0.1) is 16.8 Å². The Morgan fingerprint density at radius 3 is 2.92 bits per heavy atom. The number of hydrogen-bond acceptors (Lipinski definition) is 4. The zero-order valence-corrected chi connectivity index (χ0v) is 15.5. The number of amides is 1. The molecule has 25 heavy (non-hydrogen) atoms. The Bertz CT molecular complexity index is 979. The first kappa shape index (κ1) is 17.8. The molecule has 130 valence electrons. The van der Waals surface area contributed by atoms with Gasteiger partial charge >= 0.3 is 0 Å². The second-order valence-corrected chi connectivity index (χ2v) is 7.18. The van der Waals surface area contributed by atoms with E-state index in [1.54, 1.807) is 31.0 Å². The predicted octanol–water partition coefficient (Wildman–Crippen LogP) is 3.95. The lowest BCUT2D eigenvalue weighted by atomic mass is 10.2. The molecule has 1 aromatic heterocycles. The molecule has 7 heteroatoms. The molecule has 4 nitrogen and oxygen atoms in total. The van der Waals surface area contributed by atoms with Gasteiger partial charge in [-0.05, 0) is 42.7 Å². The van der Waals surface area contributed by atoms with Gasteiger partial charge in [-0.15, -0.1) is 11.8 Å². The molecule has 0 unspecified atom stereocenters. The van der Waals surface area contributed by atoms with Gasteiger partial charge < -0.3 is 9.30 Å². The number of nitrogens with zero attached hydrogens (tertiary/aromatic N) is 2. The Balaban J connectivity index is 2.08. The zero-order chi connectivity index (χ0) is 17.8. The number of hydrogen-bond donors (Lipinski definition) is 0. The highest BCUT2D eigenvalue weighted by Gasteiger charge is 2.10. The minimum atomic E-state index is -0.311. The van der Waals surface area contributed by atoms with Crippen LogP contribution in [0.4, 0.5) is 4.39 Å². The summed E-state index contributed by atoms with van der Waals surface area (Å²) >= 11 is 2.87. The number of fused-ring (bicyclic) bond motifs is 1. The largest absolute Gasteiger partial charge is 0.383 e. The summed E-state index contributed by atoms with van der Waals surface area (Å²) in [5.74, 6) is -0.618. The van der Waals surface area contributed by atoms with Crippen molar-refractivity contribution in [2.24, 2.45) is 4.99 Å². The van der Waals surface area contributed by atoms with Crippen molar-refractivity contribution >= 4 is 39.2 Å². The lowest BCUT2D eigenvalue weighted by molar-refractivity contribution is 0.0997. The Hall–Kier alpha value is -1.96. The van der Waals surface area contributed by atoms with Crippen LogP contribution in [-0.2, 0) is 11.3 Å². The molecule has 3 rings (SSSR count). The predicted molar refractivity (Wildman–Crippen MR) is 99.8 cm³/mol. The van der Waals surface area contributed by atoms with Crippen LogP contribution in [-0.4, -0.2) is 30.4 Å². The van der Waals surface area contributed by atoms with Crippen molar-refractivity contribution in [1.29, 1.82) is 0 Å². The van der Waals surface area contributed by atoms with Crippen molar-refractivity contribution in [3.05, 3.63) is 58.6 Å². The summed E-state index contributed by atoms with van der Waals surface area (Å²) in [5, 5.41) is 0.